The maximum atomic E-state index is 10.3. The molecule has 2 aromatic carbocycles. The van der Waals surface area contributed by atoms with Crippen LogP contribution in [0.1, 0.15) is 22.9 Å². The number of hydrogen-bond donors (Lipinski definition) is 3. The number of fused-ring (bicyclic) bond motifs is 2. The van der Waals surface area contributed by atoms with E-state index < -0.39 is 6.23 Å². The second kappa shape index (κ2) is 8.03. The van der Waals surface area contributed by atoms with Gasteiger partial charge in [0.2, 0.25) is 0 Å². The molecule has 2 aliphatic heterocycles. The number of hydrogen-bond acceptors (Lipinski definition) is 4. The highest BCUT2D eigenvalue weighted by Crippen LogP contribution is 2.38. The van der Waals surface area contributed by atoms with E-state index in [-0.39, 0.29) is 12.4 Å². The van der Waals surface area contributed by atoms with Gasteiger partial charge in [0.25, 0.3) is 0 Å². The van der Waals surface area contributed by atoms with Gasteiger partial charge in [0, 0.05) is 58.9 Å². The van der Waals surface area contributed by atoms with E-state index in [9.17, 15) is 5.11 Å². The third-order valence-electron chi connectivity index (χ3n) is 5.53. The van der Waals surface area contributed by atoms with E-state index in [0.29, 0.717) is 11.6 Å². The van der Waals surface area contributed by atoms with Crippen molar-refractivity contribution in [3.63, 3.8) is 0 Å². The molecule has 1 saturated heterocycles. The van der Waals surface area contributed by atoms with Crippen molar-refractivity contribution in [1.29, 1.82) is 0 Å². The van der Waals surface area contributed by atoms with Crippen LogP contribution in [0.25, 0.3) is 22.2 Å². The molecule has 0 bridgehead atoms. The summed E-state index contributed by atoms with van der Waals surface area (Å²) in [5.74, 6) is 0. The van der Waals surface area contributed by atoms with Gasteiger partial charge in [-0.1, -0.05) is 23.7 Å². The Bertz CT molecular complexity index is 999. The van der Waals surface area contributed by atoms with Gasteiger partial charge in [-0.3, -0.25) is 10.2 Å². The molecule has 2 aliphatic rings. The Morgan fingerprint density at radius 1 is 1.14 bits per heavy atom. The van der Waals surface area contributed by atoms with Gasteiger partial charge in [-0.05, 0) is 35.4 Å². The highest BCUT2D eigenvalue weighted by Gasteiger charge is 2.26. The molecule has 0 saturated carbocycles. The first kappa shape index (κ1) is 19.7. The average Bonchev–Trinajstić information content (AvgIpc) is 3.27. The number of aromatic amines is 1. The number of rotatable bonds is 3. The number of benzene rings is 2. The fourth-order valence-electron chi connectivity index (χ4n) is 4.11. The molecule has 1 aromatic heterocycles. The van der Waals surface area contributed by atoms with E-state index in [1.165, 1.54) is 10.9 Å². The molecule has 28 heavy (non-hydrogen) atoms. The van der Waals surface area contributed by atoms with Gasteiger partial charge in [0.1, 0.15) is 6.23 Å². The van der Waals surface area contributed by atoms with Gasteiger partial charge in [0.05, 0.1) is 13.2 Å². The number of morpholine rings is 1. The summed E-state index contributed by atoms with van der Waals surface area (Å²) in [6, 6.07) is 12.6. The summed E-state index contributed by atoms with van der Waals surface area (Å²) in [7, 11) is 0. The lowest BCUT2D eigenvalue weighted by Gasteiger charge is -2.26. The summed E-state index contributed by atoms with van der Waals surface area (Å²) < 4.78 is 5.43. The van der Waals surface area contributed by atoms with Crippen LogP contribution >= 0.6 is 24.0 Å². The van der Waals surface area contributed by atoms with Crippen LogP contribution in [0, 0.1) is 0 Å². The van der Waals surface area contributed by atoms with Gasteiger partial charge < -0.3 is 14.8 Å². The van der Waals surface area contributed by atoms with Gasteiger partial charge >= 0.3 is 0 Å². The van der Waals surface area contributed by atoms with Crippen LogP contribution in [0.5, 0.6) is 0 Å². The predicted octanol–water partition coefficient (Wildman–Crippen LogP) is 3.84. The number of aromatic nitrogens is 1. The lowest BCUT2D eigenvalue weighted by Crippen LogP contribution is -2.35. The number of aliphatic hydroxyl groups is 1. The summed E-state index contributed by atoms with van der Waals surface area (Å²) in [6.45, 7) is 5.13. The lowest BCUT2D eigenvalue weighted by atomic mass is 10.00. The average molecular weight is 420 g/mol. The normalized spacial score (nSPS) is 19.6. The zero-order valence-electron chi connectivity index (χ0n) is 15.4. The fourth-order valence-corrected chi connectivity index (χ4v) is 4.34. The molecule has 3 heterocycles. The third kappa shape index (κ3) is 3.54. The number of nitrogens with zero attached hydrogens (tertiary/aromatic N) is 1. The summed E-state index contributed by atoms with van der Waals surface area (Å²) in [5.41, 5.74) is 6.26. The first-order chi connectivity index (χ1) is 13.2. The zero-order valence-corrected chi connectivity index (χ0v) is 16.9. The smallest absolute Gasteiger partial charge is 0.132 e. The van der Waals surface area contributed by atoms with E-state index in [2.05, 4.69) is 39.5 Å². The van der Waals surface area contributed by atoms with E-state index >= 15 is 0 Å². The van der Waals surface area contributed by atoms with Crippen molar-refractivity contribution in [1.82, 2.24) is 15.2 Å². The van der Waals surface area contributed by atoms with Gasteiger partial charge in [-0.25, -0.2) is 0 Å². The minimum Gasteiger partial charge on any atom is -0.379 e. The van der Waals surface area contributed by atoms with Crippen LogP contribution in [-0.2, 0) is 17.8 Å². The van der Waals surface area contributed by atoms with E-state index in [0.717, 1.165) is 60.7 Å². The molecule has 1 atom stereocenters. The molecular weight excluding hydrogens is 397 g/mol. The zero-order chi connectivity index (χ0) is 18.4. The van der Waals surface area contributed by atoms with E-state index in [4.69, 9.17) is 16.3 Å². The minimum absolute atomic E-state index is 0. The van der Waals surface area contributed by atoms with Gasteiger partial charge in [0.15, 0.2) is 0 Å². The Hall–Kier alpha value is -1.60. The molecule has 7 heteroatoms. The largest absolute Gasteiger partial charge is 0.379 e. The maximum absolute atomic E-state index is 10.3. The van der Waals surface area contributed by atoms with E-state index in [1.807, 2.05) is 12.1 Å². The van der Waals surface area contributed by atoms with Crippen molar-refractivity contribution in [3.8, 4) is 11.3 Å². The molecule has 5 rings (SSSR count). The van der Waals surface area contributed by atoms with Gasteiger partial charge in [-0.2, -0.15) is 0 Å². The molecule has 5 nitrogen and oxygen atoms in total. The standard InChI is InChI=1S/C21H22ClN3O2.ClH/c22-17-3-2-15(20-16(17)11-23-21(20)26)19-10-14-9-13(1-4-18(14)24-19)12-25-5-7-27-8-6-25;/h1-4,9-10,21,23-24,26H,5-8,11-12H2;1H. The minimum atomic E-state index is -0.683. The van der Waals surface area contributed by atoms with Crippen molar-refractivity contribution in [3.05, 3.63) is 58.1 Å². The molecule has 3 N–H and O–H groups in total. The topological polar surface area (TPSA) is 60.5 Å². The number of aliphatic hydroxyl groups excluding tert-OH is 1. The maximum Gasteiger partial charge on any atom is 0.132 e. The van der Waals surface area contributed by atoms with Gasteiger partial charge in [-0.15, -0.1) is 12.4 Å². The Kier molecular flexibility index (Phi) is 5.65. The summed E-state index contributed by atoms with van der Waals surface area (Å²) in [4.78, 5) is 5.92. The number of ether oxygens (including phenoxy) is 1. The van der Waals surface area contributed by atoms with E-state index in [1.54, 1.807) is 0 Å². The summed E-state index contributed by atoms with van der Waals surface area (Å²) >= 11 is 6.31. The van der Waals surface area contributed by atoms with Crippen LogP contribution in [0.2, 0.25) is 5.02 Å². The Balaban J connectivity index is 0.00000192. The highest BCUT2D eigenvalue weighted by molar-refractivity contribution is 6.31. The lowest BCUT2D eigenvalue weighted by molar-refractivity contribution is 0.0342. The summed E-state index contributed by atoms with van der Waals surface area (Å²) in [5, 5.41) is 15.3. The molecule has 148 valence electrons. The Morgan fingerprint density at radius 2 is 1.96 bits per heavy atom. The van der Waals surface area contributed by atoms with Crippen LogP contribution in [0.15, 0.2) is 36.4 Å². The molecule has 1 fully saturated rings. The van der Waals surface area contributed by atoms with Crippen molar-refractivity contribution in [2.45, 2.75) is 19.3 Å². The molecule has 0 aliphatic carbocycles. The SMILES string of the molecule is Cl.OC1NCc2c(Cl)ccc(-c3cc4cc(CN5CCOCC5)ccc4[nH]3)c21. The van der Waals surface area contributed by atoms with Crippen LogP contribution in [0.3, 0.4) is 0 Å². The second-order valence-corrected chi connectivity index (χ2v) is 7.67. The third-order valence-corrected chi connectivity index (χ3v) is 5.88. The van der Waals surface area contributed by atoms with Crippen LogP contribution in [-0.4, -0.2) is 41.3 Å². The number of nitrogens with one attached hydrogen (secondary N) is 2. The van der Waals surface area contributed by atoms with Crippen LogP contribution in [0.4, 0.5) is 0 Å². The molecular formula is C21H23Cl2N3O2. The molecule has 3 aromatic rings. The molecule has 1 unspecified atom stereocenters. The second-order valence-electron chi connectivity index (χ2n) is 7.26. The fraction of sp³-hybridized carbons (Fsp3) is 0.333. The molecule has 0 spiro atoms. The highest BCUT2D eigenvalue weighted by atomic mass is 35.5. The Labute approximate surface area is 175 Å². The summed E-state index contributed by atoms with van der Waals surface area (Å²) in [6.07, 6.45) is -0.683. The van der Waals surface area contributed by atoms with Crippen LogP contribution < -0.4 is 5.32 Å². The predicted molar refractivity (Wildman–Crippen MR) is 114 cm³/mol. The van der Waals surface area contributed by atoms with Crippen molar-refractivity contribution in [2.24, 2.45) is 0 Å². The molecule has 0 radical (unpaired) electrons. The van der Waals surface area contributed by atoms with Crippen molar-refractivity contribution < 1.29 is 9.84 Å². The monoisotopic (exact) mass is 419 g/mol. The first-order valence-electron chi connectivity index (χ1n) is 9.34. The first-order valence-corrected chi connectivity index (χ1v) is 9.72. The Morgan fingerprint density at radius 3 is 2.79 bits per heavy atom. The van der Waals surface area contributed by atoms with Crippen molar-refractivity contribution >= 4 is 34.9 Å². The van der Waals surface area contributed by atoms with Crippen molar-refractivity contribution in [2.75, 3.05) is 26.3 Å². The molecule has 0 amide bonds. The quantitative estimate of drug-likeness (QED) is 0.603. The number of halogens is 2. The number of H-pyrrole nitrogens is 1.